The summed E-state index contributed by atoms with van der Waals surface area (Å²) in [5, 5.41) is 0. The van der Waals surface area contributed by atoms with E-state index in [1.165, 1.54) is 24.3 Å². The van der Waals surface area contributed by atoms with Crippen molar-refractivity contribution in [2.75, 3.05) is 0 Å². The van der Waals surface area contributed by atoms with Crippen molar-refractivity contribution in [3.05, 3.63) is 130 Å². The summed E-state index contributed by atoms with van der Waals surface area (Å²) in [5.74, 6) is 0.617. The molecule has 0 unspecified atom stereocenters. The summed E-state index contributed by atoms with van der Waals surface area (Å²) >= 11 is 3.26. The molecule has 33 heavy (non-hydrogen) atoms. The third-order valence-electron chi connectivity index (χ3n) is 4.11. The van der Waals surface area contributed by atoms with Crippen LogP contribution >= 0.6 is 15.9 Å². The third-order valence-corrected chi connectivity index (χ3v) is 4.73. The van der Waals surface area contributed by atoms with Gasteiger partial charge in [0.05, 0.1) is 4.47 Å². The first kappa shape index (κ1) is 29.1. The van der Waals surface area contributed by atoms with Crippen molar-refractivity contribution in [3.8, 4) is 11.5 Å². The van der Waals surface area contributed by atoms with Crippen LogP contribution in [0.4, 0.5) is 8.78 Å². The van der Waals surface area contributed by atoms with Gasteiger partial charge in [0, 0.05) is 11.6 Å². The molecule has 0 bridgehead atoms. The standard InChI is InChI=1S/C13H10BrFO.C13H10FO.BrH.Mg/c14-12-8-11(15)6-7-13(12)16-9-10-4-2-1-3-5-10;14-12-6-8-13(9-7-12)15-10-11-4-2-1-3-5-11;;/h1-8H,9H2;1-8H,10H2;1H;/q;-1;;+2/p-1. The third kappa shape index (κ3) is 10.7. The van der Waals surface area contributed by atoms with Gasteiger partial charge in [0.25, 0.3) is 0 Å². The summed E-state index contributed by atoms with van der Waals surface area (Å²) in [7, 11) is 0. The Morgan fingerprint density at radius 3 is 1.76 bits per heavy atom. The van der Waals surface area contributed by atoms with Crippen LogP contribution < -0.4 is 26.5 Å². The van der Waals surface area contributed by atoms with E-state index in [2.05, 4.69) is 22.0 Å². The molecule has 2 nitrogen and oxygen atoms in total. The Balaban J connectivity index is 0.000000312. The van der Waals surface area contributed by atoms with Crippen molar-refractivity contribution >= 4 is 39.0 Å². The summed E-state index contributed by atoms with van der Waals surface area (Å²) < 4.78 is 37.0. The minimum atomic E-state index is -0.304. The van der Waals surface area contributed by atoms with E-state index in [1.807, 2.05) is 60.7 Å². The zero-order valence-electron chi connectivity index (χ0n) is 17.7. The smallest absolute Gasteiger partial charge is 1.00 e. The molecule has 0 aromatic heterocycles. The van der Waals surface area contributed by atoms with E-state index in [4.69, 9.17) is 9.47 Å². The molecule has 0 spiro atoms. The van der Waals surface area contributed by atoms with Gasteiger partial charge in [-0.05, 0) is 45.3 Å². The maximum atomic E-state index is 12.8. The molecule has 0 fully saturated rings. The zero-order chi connectivity index (χ0) is 21.9. The van der Waals surface area contributed by atoms with Crippen LogP contribution in [0.25, 0.3) is 0 Å². The Morgan fingerprint density at radius 1 is 0.697 bits per heavy atom. The summed E-state index contributed by atoms with van der Waals surface area (Å²) in [5.41, 5.74) is 2.16. The van der Waals surface area contributed by atoms with Crippen LogP contribution in [-0.2, 0) is 13.2 Å². The SMILES string of the molecule is Fc1c[c-]c(OCc2ccccc2)cc1.Fc1ccc(OCc2ccccc2)c(Br)c1.[Br-].[Mg+2]. The number of hydrogen-bond acceptors (Lipinski definition) is 2. The second kappa shape index (κ2) is 15.8. The van der Waals surface area contributed by atoms with Crippen LogP contribution in [-0.4, -0.2) is 23.1 Å². The molecule has 0 aliphatic heterocycles. The van der Waals surface area contributed by atoms with Crippen LogP contribution in [0.2, 0.25) is 0 Å². The van der Waals surface area contributed by atoms with E-state index < -0.39 is 0 Å². The monoisotopic (exact) mass is 584 g/mol. The quantitative estimate of drug-likeness (QED) is 0.252. The zero-order valence-corrected chi connectivity index (χ0v) is 22.3. The first-order chi connectivity index (χ1) is 15.1. The molecule has 4 rings (SSSR count). The minimum absolute atomic E-state index is 0. The fourth-order valence-electron chi connectivity index (χ4n) is 2.54. The summed E-state index contributed by atoms with van der Waals surface area (Å²) in [6.07, 6.45) is 0. The molecule has 166 valence electrons. The molecule has 0 N–H and O–H groups in total. The largest absolute Gasteiger partial charge is 2.00 e. The predicted octanol–water partition coefficient (Wildman–Crippen LogP) is 4.00. The van der Waals surface area contributed by atoms with Crippen LogP contribution in [0.1, 0.15) is 11.1 Å². The fourth-order valence-corrected chi connectivity index (χ4v) is 3.01. The van der Waals surface area contributed by atoms with Crippen LogP contribution in [0.15, 0.2) is 102 Å². The van der Waals surface area contributed by atoms with Gasteiger partial charge < -0.3 is 26.5 Å². The van der Waals surface area contributed by atoms with E-state index in [1.54, 1.807) is 12.1 Å². The topological polar surface area (TPSA) is 18.5 Å². The van der Waals surface area contributed by atoms with Gasteiger partial charge in [-0.3, -0.25) is 4.39 Å². The minimum Gasteiger partial charge on any atom is -1.00 e. The van der Waals surface area contributed by atoms with Crippen LogP contribution in [0, 0.1) is 17.7 Å². The van der Waals surface area contributed by atoms with Gasteiger partial charge in [-0.2, -0.15) is 0 Å². The summed E-state index contributed by atoms with van der Waals surface area (Å²) in [4.78, 5) is 0. The maximum Gasteiger partial charge on any atom is 2.00 e. The fraction of sp³-hybridized carbons (Fsp3) is 0.0769. The van der Waals surface area contributed by atoms with E-state index in [0.29, 0.717) is 29.2 Å². The Labute approximate surface area is 228 Å². The van der Waals surface area contributed by atoms with Gasteiger partial charge in [-0.1, -0.05) is 60.7 Å². The molecule has 0 radical (unpaired) electrons. The number of benzene rings is 4. The Bertz CT molecular complexity index is 1070. The Morgan fingerprint density at radius 2 is 1.24 bits per heavy atom. The molecule has 0 aliphatic rings. The number of hydrogen-bond donors (Lipinski definition) is 0. The van der Waals surface area contributed by atoms with E-state index in [0.717, 1.165) is 11.1 Å². The maximum absolute atomic E-state index is 12.8. The number of rotatable bonds is 6. The van der Waals surface area contributed by atoms with Crippen molar-refractivity contribution in [1.29, 1.82) is 0 Å². The Kier molecular flexibility index (Phi) is 14.0. The molecular formula is C26H20Br2F2MgO2. The molecule has 0 saturated heterocycles. The molecular weight excluding hydrogens is 566 g/mol. The molecule has 7 heteroatoms. The first-order valence-corrected chi connectivity index (χ1v) is 10.4. The van der Waals surface area contributed by atoms with Crippen molar-refractivity contribution in [2.24, 2.45) is 0 Å². The summed E-state index contributed by atoms with van der Waals surface area (Å²) in [6, 6.07) is 30.9. The molecule has 0 amide bonds. The van der Waals surface area contributed by atoms with E-state index in [9.17, 15) is 8.78 Å². The van der Waals surface area contributed by atoms with Crippen molar-refractivity contribution < 1.29 is 35.2 Å². The van der Waals surface area contributed by atoms with Crippen LogP contribution in [0.5, 0.6) is 11.5 Å². The summed E-state index contributed by atoms with van der Waals surface area (Å²) in [6.45, 7) is 0.952. The molecule has 0 aliphatic carbocycles. The van der Waals surface area contributed by atoms with Gasteiger partial charge in [0.15, 0.2) is 0 Å². The van der Waals surface area contributed by atoms with Gasteiger partial charge in [-0.15, -0.1) is 24.3 Å². The van der Waals surface area contributed by atoms with Crippen LogP contribution in [0.3, 0.4) is 0 Å². The molecule has 4 aromatic carbocycles. The van der Waals surface area contributed by atoms with E-state index in [-0.39, 0.29) is 51.7 Å². The van der Waals surface area contributed by atoms with Gasteiger partial charge >= 0.3 is 23.1 Å². The molecule has 0 heterocycles. The van der Waals surface area contributed by atoms with Gasteiger partial charge in [-0.25, -0.2) is 4.39 Å². The second-order valence-electron chi connectivity index (χ2n) is 6.49. The average Bonchev–Trinajstić information content (AvgIpc) is 2.80. The Hall–Kier alpha value is -1.93. The molecule has 4 aromatic rings. The molecule has 0 saturated carbocycles. The van der Waals surface area contributed by atoms with Crippen molar-refractivity contribution in [1.82, 2.24) is 0 Å². The van der Waals surface area contributed by atoms with Gasteiger partial charge in [0.2, 0.25) is 0 Å². The predicted molar refractivity (Wildman–Crippen MR) is 127 cm³/mol. The van der Waals surface area contributed by atoms with Crippen molar-refractivity contribution in [2.45, 2.75) is 13.2 Å². The number of halogens is 4. The molecule has 0 atom stereocenters. The van der Waals surface area contributed by atoms with Gasteiger partial charge in [0.1, 0.15) is 24.8 Å². The first-order valence-electron chi connectivity index (χ1n) is 9.56. The normalized spacial score (nSPS) is 9.42. The second-order valence-corrected chi connectivity index (χ2v) is 7.35. The average molecular weight is 587 g/mol. The van der Waals surface area contributed by atoms with E-state index >= 15 is 0 Å². The van der Waals surface area contributed by atoms with Crippen molar-refractivity contribution in [3.63, 3.8) is 0 Å². The number of ether oxygens (including phenoxy) is 2.